The van der Waals surface area contributed by atoms with Crippen LogP contribution < -0.4 is 5.32 Å². The van der Waals surface area contributed by atoms with Crippen molar-refractivity contribution in [2.24, 2.45) is 0 Å². The zero-order valence-corrected chi connectivity index (χ0v) is 13.3. The molecule has 1 N–H and O–H groups in total. The van der Waals surface area contributed by atoms with E-state index in [1.165, 1.54) is 0 Å². The van der Waals surface area contributed by atoms with Crippen LogP contribution in [0.2, 0.25) is 0 Å². The van der Waals surface area contributed by atoms with E-state index in [2.05, 4.69) is 49.2 Å². The molecule has 0 saturated heterocycles. The highest BCUT2D eigenvalue weighted by Gasteiger charge is 2.05. The third kappa shape index (κ3) is 3.19. The normalized spacial score (nSPS) is 10.8. The summed E-state index contributed by atoms with van der Waals surface area (Å²) in [6.07, 6.45) is 5.55. The van der Waals surface area contributed by atoms with Gasteiger partial charge < -0.3 is 5.32 Å². The van der Waals surface area contributed by atoms with E-state index in [0.717, 1.165) is 45.5 Å². The summed E-state index contributed by atoms with van der Waals surface area (Å²) in [6, 6.07) is 10.0. The maximum atomic E-state index is 4.55. The van der Waals surface area contributed by atoms with Gasteiger partial charge in [0.2, 0.25) is 0 Å². The van der Waals surface area contributed by atoms with Crippen molar-refractivity contribution < 1.29 is 0 Å². The standard InChI is InChI=1S/C16H15BrN4/c1-2-4-15-20-14(17)9-16(21-15)19-13-6-3-5-11-7-8-18-10-12(11)13/h3,5-10H,2,4H2,1H3,(H,19,20,21). The van der Waals surface area contributed by atoms with Crippen molar-refractivity contribution in [3.05, 3.63) is 53.2 Å². The number of benzene rings is 1. The highest BCUT2D eigenvalue weighted by molar-refractivity contribution is 9.10. The molecule has 2 heterocycles. The molecule has 0 spiro atoms. The fourth-order valence-corrected chi connectivity index (χ4v) is 2.65. The van der Waals surface area contributed by atoms with Crippen molar-refractivity contribution in [3.8, 4) is 0 Å². The Labute approximate surface area is 131 Å². The first-order valence-corrected chi connectivity index (χ1v) is 7.69. The van der Waals surface area contributed by atoms with E-state index >= 15 is 0 Å². The van der Waals surface area contributed by atoms with Crippen LogP contribution in [-0.2, 0) is 6.42 Å². The Morgan fingerprint density at radius 1 is 1.19 bits per heavy atom. The number of nitrogens with one attached hydrogen (secondary N) is 1. The Balaban J connectivity index is 1.98. The molecule has 0 saturated carbocycles. The van der Waals surface area contributed by atoms with E-state index in [4.69, 9.17) is 0 Å². The zero-order valence-electron chi connectivity index (χ0n) is 11.7. The predicted octanol–water partition coefficient (Wildman–Crippen LogP) is 4.48. The molecule has 3 rings (SSSR count). The lowest BCUT2D eigenvalue weighted by Crippen LogP contribution is -2.01. The van der Waals surface area contributed by atoms with Gasteiger partial charge in [0.05, 0.1) is 0 Å². The molecule has 0 aliphatic heterocycles. The summed E-state index contributed by atoms with van der Waals surface area (Å²) in [4.78, 5) is 13.1. The molecule has 0 bridgehead atoms. The van der Waals surface area contributed by atoms with Crippen LogP contribution in [0.4, 0.5) is 11.5 Å². The average molecular weight is 343 g/mol. The van der Waals surface area contributed by atoms with Crippen molar-refractivity contribution in [2.75, 3.05) is 5.32 Å². The molecule has 0 radical (unpaired) electrons. The topological polar surface area (TPSA) is 50.7 Å². The fraction of sp³-hybridized carbons (Fsp3) is 0.188. The molecule has 0 amide bonds. The van der Waals surface area contributed by atoms with E-state index in [9.17, 15) is 0 Å². The van der Waals surface area contributed by atoms with Crippen LogP contribution in [0.1, 0.15) is 19.2 Å². The number of hydrogen-bond acceptors (Lipinski definition) is 4. The summed E-state index contributed by atoms with van der Waals surface area (Å²) in [5.41, 5.74) is 0.994. The van der Waals surface area contributed by atoms with E-state index in [1.807, 2.05) is 30.5 Å². The number of anilines is 2. The Morgan fingerprint density at radius 3 is 2.95 bits per heavy atom. The number of fused-ring (bicyclic) bond motifs is 1. The third-order valence-electron chi connectivity index (χ3n) is 3.16. The van der Waals surface area contributed by atoms with Crippen molar-refractivity contribution in [3.63, 3.8) is 0 Å². The molecular weight excluding hydrogens is 328 g/mol. The lowest BCUT2D eigenvalue weighted by Gasteiger charge is -2.10. The van der Waals surface area contributed by atoms with Crippen LogP contribution in [0.5, 0.6) is 0 Å². The van der Waals surface area contributed by atoms with E-state index in [-0.39, 0.29) is 0 Å². The minimum atomic E-state index is 0.789. The summed E-state index contributed by atoms with van der Waals surface area (Å²) >= 11 is 3.44. The number of halogens is 1. The molecule has 0 fully saturated rings. The maximum absolute atomic E-state index is 4.55. The molecule has 2 aromatic heterocycles. The van der Waals surface area contributed by atoms with E-state index in [1.54, 1.807) is 6.20 Å². The van der Waals surface area contributed by atoms with Gasteiger partial charge in [0.1, 0.15) is 16.2 Å². The summed E-state index contributed by atoms with van der Waals surface area (Å²) in [5, 5.41) is 5.59. The summed E-state index contributed by atoms with van der Waals surface area (Å²) in [7, 11) is 0. The summed E-state index contributed by atoms with van der Waals surface area (Å²) in [5.74, 6) is 1.63. The number of aryl methyl sites for hydroxylation is 1. The third-order valence-corrected chi connectivity index (χ3v) is 3.57. The van der Waals surface area contributed by atoms with Gasteiger partial charge in [0, 0.05) is 36.0 Å². The van der Waals surface area contributed by atoms with Gasteiger partial charge in [-0.15, -0.1) is 0 Å². The predicted molar refractivity (Wildman–Crippen MR) is 88.8 cm³/mol. The number of pyridine rings is 1. The second-order valence-electron chi connectivity index (χ2n) is 4.77. The van der Waals surface area contributed by atoms with Crippen LogP contribution in [0, 0.1) is 0 Å². The van der Waals surface area contributed by atoms with Crippen LogP contribution >= 0.6 is 15.9 Å². The van der Waals surface area contributed by atoms with Gasteiger partial charge >= 0.3 is 0 Å². The van der Waals surface area contributed by atoms with Crippen molar-refractivity contribution in [2.45, 2.75) is 19.8 Å². The van der Waals surface area contributed by atoms with Crippen LogP contribution in [-0.4, -0.2) is 15.0 Å². The molecule has 21 heavy (non-hydrogen) atoms. The molecule has 3 aromatic rings. The number of rotatable bonds is 4. The Morgan fingerprint density at radius 2 is 2.10 bits per heavy atom. The lowest BCUT2D eigenvalue weighted by atomic mass is 10.1. The van der Waals surface area contributed by atoms with Gasteiger partial charge in [-0.2, -0.15) is 0 Å². The van der Waals surface area contributed by atoms with Gasteiger partial charge in [0.15, 0.2) is 0 Å². The fourth-order valence-electron chi connectivity index (χ4n) is 2.22. The number of hydrogen-bond donors (Lipinski definition) is 1. The minimum Gasteiger partial charge on any atom is -0.340 e. The van der Waals surface area contributed by atoms with Gasteiger partial charge in [-0.1, -0.05) is 19.1 Å². The Bertz CT molecular complexity index is 768. The van der Waals surface area contributed by atoms with Gasteiger partial charge in [0.25, 0.3) is 0 Å². The molecule has 0 aliphatic rings. The Kier molecular flexibility index (Phi) is 4.10. The average Bonchev–Trinajstić information content (AvgIpc) is 2.47. The molecule has 0 atom stereocenters. The zero-order chi connectivity index (χ0) is 14.7. The summed E-state index contributed by atoms with van der Waals surface area (Å²) in [6.45, 7) is 2.12. The highest BCUT2D eigenvalue weighted by atomic mass is 79.9. The number of aromatic nitrogens is 3. The minimum absolute atomic E-state index is 0.789. The van der Waals surface area contributed by atoms with Gasteiger partial charge in [-0.05, 0) is 39.9 Å². The van der Waals surface area contributed by atoms with Gasteiger partial charge in [-0.25, -0.2) is 9.97 Å². The molecule has 106 valence electrons. The smallest absolute Gasteiger partial charge is 0.135 e. The number of nitrogens with zero attached hydrogens (tertiary/aromatic N) is 3. The van der Waals surface area contributed by atoms with Crippen molar-refractivity contribution in [1.29, 1.82) is 0 Å². The van der Waals surface area contributed by atoms with Gasteiger partial charge in [-0.3, -0.25) is 4.98 Å². The quantitative estimate of drug-likeness (QED) is 0.710. The van der Waals surface area contributed by atoms with E-state index < -0.39 is 0 Å². The largest absolute Gasteiger partial charge is 0.340 e. The highest BCUT2D eigenvalue weighted by Crippen LogP contribution is 2.25. The molecule has 0 aliphatic carbocycles. The molecule has 1 aromatic carbocycles. The first-order valence-electron chi connectivity index (χ1n) is 6.89. The lowest BCUT2D eigenvalue weighted by molar-refractivity contribution is 0.831. The molecule has 0 unspecified atom stereocenters. The molecule has 5 heteroatoms. The SMILES string of the molecule is CCCc1nc(Br)cc(Nc2cccc3ccncc23)n1. The Hall–Kier alpha value is -2.01. The molecule has 4 nitrogen and oxygen atoms in total. The van der Waals surface area contributed by atoms with Crippen molar-refractivity contribution in [1.82, 2.24) is 15.0 Å². The summed E-state index contributed by atoms with van der Waals surface area (Å²) < 4.78 is 0.793. The van der Waals surface area contributed by atoms with Crippen LogP contribution in [0.25, 0.3) is 10.8 Å². The second kappa shape index (κ2) is 6.18. The molecular formula is C16H15BrN4. The second-order valence-corrected chi connectivity index (χ2v) is 5.58. The van der Waals surface area contributed by atoms with Crippen LogP contribution in [0.3, 0.4) is 0 Å². The van der Waals surface area contributed by atoms with Crippen LogP contribution in [0.15, 0.2) is 47.3 Å². The first-order chi connectivity index (χ1) is 10.3. The van der Waals surface area contributed by atoms with E-state index in [0.29, 0.717) is 0 Å². The maximum Gasteiger partial charge on any atom is 0.135 e. The monoisotopic (exact) mass is 342 g/mol. The first kappa shape index (κ1) is 13.9. The van der Waals surface area contributed by atoms with Crippen molar-refractivity contribution >= 4 is 38.2 Å².